The predicted molar refractivity (Wildman–Crippen MR) is 72.8 cm³/mol. The minimum Gasteiger partial charge on any atom is -0.508 e. The van der Waals surface area contributed by atoms with Crippen molar-refractivity contribution in [2.75, 3.05) is 13.2 Å². The molecule has 3 nitrogen and oxygen atoms in total. The Bertz CT molecular complexity index is 491. The Morgan fingerprint density at radius 3 is 2.74 bits per heavy atom. The maximum atomic E-state index is 9.63. The van der Waals surface area contributed by atoms with Crippen molar-refractivity contribution in [1.29, 1.82) is 0 Å². The third-order valence-corrected chi connectivity index (χ3v) is 4.59. The Labute approximate surface area is 113 Å². The van der Waals surface area contributed by atoms with Gasteiger partial charge in [-0.15, -0.1) is 0 Å². The van der Waals surface area contributed by atoms with E-state index < -0.39 is 0 Å². The molecule has 3 heteroatoms. The molecule has 2 bridgehead atoms. The van der Waals surface area contributed by atoms with E-state index in [0.717, 1.165) is 18.4 Å². The SMILES string of the molecule is CC1=CC[C@@]2(CO)CO[C@@H](c3ccc(O)cc3)[C@@H]1C2. The molecule has 0 spiro atoms. The van der Waals surface area contributed by atoms with E-state index in [1.807, 2.05) is 12.1 Å². The zero-order chi connectivity index (χ0) is 13.5. The van der Waals surface area contributed by atoms with Crippen molar-refractivity contribution in [3.8, 4) is 5.75 Å². The average molecular weight is 260 g/mol. The van der Waals surface area contributed by atoms with Crippen molar-refractivity contribution in [2.24, 2.45) is 11.3 Å². The van der Waals surface area contributed by atoms with Gasteiger partial charge in [0.15, 0.2) is 0 Å². The van der Waals surface area contributed by atoms with Gasteiger partial charge in [-0.1, -0.05) is 23.8 Å². The summed E-state index contributed by atoms with van der Waals surface area (Å²) < 4.78 is 6.05. The van der Waals surface area contributed by atoms with Gasteiger partial charge in [-0.3, -0.25) is 0 Å². The standard InChI is InChI=1S/C16H20O3/c1-11-6-7-16(9-17)8-14(11)15(19-10-16)12-2-4-13(18)5-3-12/h2-6,14-15,17-18H,7-10H2,1H3/t14-,15+,16-/m1/s1. The van der Waals surface area contributed by atoms with Crippen LogP contribution in [0.15, 0.2) is 35.9 Å². The van der Waals surface area contributed by atoms with E-state index in [1.165, 1.54) is 5.57 Å². The molecule has 19 heavy (non-hydrogen) atoms. The van der Waals surface area contributed by atoms with Crippen LogP contribution in [0.25, 0.3) is 0 Å². The van der Waals surface area contributed by atoms with E-state index in [2.05, 4.69) is 13.0 Å². The summed E-state index contributed by atoms with van der Waals surface area (Å²) in [6, 6.07) is 7.25. The molecule has 0 aromatic heterocycles. The summed E-state index contributed by atoms with van der Waals surface area (Å²) in [6.45, 7) is 2.94. The number of aromatic hydroxyl groups is 1. The number of aliphatic hydroxyl groups is 1. The molecular formula is C16H20O3. The first-order chi connectivity index (χ1) is 9.13. The molecule has 0 saturated carbocycles. The molecule has 0 amide bonds. The maximum Gasteiger partial charge on any atom is 0.115 e. The Hall–Kier alpha value is -1.32. The lowest BCUT2D eigenvalue weighted by Crippen LogP contribution is -2.43. The lowest BCUT2D eigenvalue weighted by Gasteiger charge is -2.47. The molecule has 1 aliphatic heterocycles. The summed E-state index contributed by atoms with van der Waals surface area (Å²) in [5.41, 5.74) is 2.36. The van der Waals surface area contributed by atoms with Gasteiger partial charge in [0.2, 0.25) is 0 Å². The first-order valence-corrected chi connectivity index (χ1v) is 6.82. The highest BCUT2D eigenvalue weighted by Crippen LogP contribution is 2.50. The van der Waals surface area contributed by atoms with Crippen LogP contribution in [0.1, 0.15) is 31.4 Å². The smallest absolute Gasteiger partial charge is 0.115 e. The van der Waals surface area contributed by atoms with Gasteiger partial charge in [-0.25, -0.2) is 0 Å². The van der Waals surface area contributed by atoms with Crippen molar-refractivity contribution < 1.29 is 14.9 Å². The molecule has 3 atom stereocenters. The zero-order valence-corrected chi connectivity index (χ0v) is 11.2. The second-order valence-corrected chi connectivity index (χ2v) is 5.94. The number of rotatable bonds is 2. The Morgan fingerprint density at radius 1 is 1.32 bits per heavy atom. The molecular weight excluding hydrogens is 240 g/mol. The van der Waals surface area contributed by atoms with Crippen molar-refractivity contribution in [3.63, 3.8) is 0 Å². The van der Waals surface area contributed by atoms with E-state index in [-0.39, 0.29) is 23.9 Å². The van der Waals surface area contributed by atoms with Crippen LogP contribution in [0.5, 0.6) is 5.75 Å². The summed E-state index contributed by atoms with van der Waals surface area (Å²) in [5.74, 6) is 0.611. The molecule has 2 N–H and O–H groups in total. The Balaban J connectivity index is 1.91. The summed E-state index contributed by atoms with van der Waals surface area (Å²) in [5, 5.41) is 19.0. The largest absolute Gasteiger partial charge is 0.508 e. The van der Waals surface area contributed by atoms with Crippen molar-refractivity contribution in [2.45, 2.75) is 25.9 Å². The third kappa shape index (κ3) is 2.17. The minimum absolute atomic E-state index is 0.0387. The van der Waals surface area contributed by atoms with Gasteiger partial charge in [0.25, 0.3) is 0 Å². The van der Waals surface area contributed by atoms with E-state index in [4.69, 9.17) is 4.74 Å². The molecule has 0 radical (unpaired) electrons. The molecule has 0 unspecified atom stereocenters. The monoisotopic (exact) mass is 260 g/mol. The van der Waals surface area contributed by atoms with Gasteiger partial charge in [-0.05, 0) is 37.5 Å². The summed E-state index contributed by atoms with van der Waals surface area (Å²) in [6.07, 6.45) is 4.18. The highest BCUT2D eigenvalue weighted by atomic mass is 16.5. The van der Waals surface area contributed by atoms with Crippen molar-refractivity contribution in [1.82, 2.24) is 0 Å². The molecule has 1 fully saturated rings. The fourth-order valence-corrected chi connectivity index (χ4v) is 3.25. The van der Waals surface area contributed by atoms with Crippen molar-refractivity contribution in [3.05, 3.63) is 41.5 Å². The molecule has 3 rings (SSSR count). The first kappa shape index (κ1) is 12.7. The summed E-state index contributed by atoms with van der Waals surface area (Å²) in [4.78, 5) is 0. The fourth-order valence-electron chi connectivity index (χ4n) is 3.25. The third-order valence-electron chi connectivity index (χ3n) is 4.59. The lowest BCUT2D eigenvalue weighted by atomic mass is 9.67. The van der Waals surface area contributed by atoms with Crippen LogP contribution >= 0.6 is 0 Å². The molecule has 1 saturated heterocycles. The average Bonchev–Trinajstić information content (AvgIpc) is 2.45. The van der Waals surface area contributed by atoms with Gasteiger partial charge in [0.05, 0.1) is 19.3 Å². The van der Waals surface area contributed by atoms with E-state index >= 15 is 0 Å². The molecule has 1 heterocycles. The summed E-state index contributed by atoms with van der Waals surface area (Å²) in [7, 11) is 0. The number of hydrogen-bond acceptors (Lipinski definition) is 3. The molecule has 1 aliphatic carbocycles. The molecule has 2 aliphatic rings. The van der Waals surface area contributed by atoms with Crippen LogP contribution in [0.2, 0.25) is 0 Å². The van der Waals surface area contributed by atoms with Crippen LogP contribution in [0, 0.1) is 11.3 Å². The Morgan fingerprint density at radius 2 is 2.05 bits per heavy atom. The number of phenols is 1. The molecule has 1 aromatic rings. The van der Waals surface area contributed by atoms with Gasteiger partial charge in [0, 0.05) is 11.3 Å². The van der Waals surface area contributed by atoms with Gasteiger partial charge < -0.3 is 14.9 Å². The lowest BCUT2D eigenvalue weighted by molar-refractivity contribution is -0.113. The highest BCUT2D eigenvalue weighted by molar-refractivity contribution is 5.30. The van der Waals surface area contributed by atoms with Gasteiger partial charge >= 0.3 is 0 Å². The topological polar surface area (TPSA) is 49.7 Å². The molecule has 102 valence electrons. The maximum absolute atomic E-state index is 9.63. The van der Waals surface area contributed by atoms with Crippen LogP contribution in [-0.2, 0) is 4.74 Å². The van der Waals surface area contributed by atoms with Gasteiger partial charge in [-0.2, -0.15) is 0 Å². The number of ether oxygens (including phenoxy) is 1. The number of fused-ring (bicyclic) bond motifs is 2. The zero-order valence-electron chi connectivity index (χ0n) is 11.2. The van der Waals surface area contributed by atoms with E-state index in [9.17, 15) is 10.2 Å². The van der Waals surface area contributed by atoms with E-state index in [1.54, 1.807) is 12.1 Å². The van der Waals surface area contributed by atoms with Crippen LogP contribution < -0.4 is 0 Å². The predicted octanol–water partition coefficient (Wildman–Crippen LogP) is 2.80. The van der Waals surface area contributed by atoms with Gasteiger partial charge in [0.1, 0.15) is 5.75 Å². The molecule has 1 aromatic carbocycles. The first-order valence-electron chi connectivity index (χ1n) is 6.82. The number of aliphatic hydroxyl groups excluding tert-OH is 1. The van der Waals surface area contributed by atoms with Crippen LogP contribution in [0.3, 0.4) is 0 Å². The van der Waals surface area contributed by atoms with Crippen LogP contribution in [-0.4, -0.2) is 23.4 Å². The van der Waals surface area contributed by atoms with E-state index in [0.29, 0.717) is 12.5 Å². The fraction of sp³-hybridized carbons (Fsp3) is 0.500. The second kappa shape index (κ2) is 4.66. The number of benzene rings is 1. The quantitative estimate of drug-likeness (QED) is 0.804. The summed E-state index contributed by atoms with van der Waals surface area (Å²) >= 11 is 0. The minimum atomic E-state index is -0.0857. The van der Waals surface area contributed by atoms with Crippen molar-refractivity contribution >= 4 is 0 Å². The number of phenolic OH excluding ortho intramolecular Hbond substituents is 1. The number of hydrogen-bond donors (Lipinski definition) is 2. The van der Waals surface area contributed by atoms with Crippen LogP contribution in [0.4, 0.5) is 0 Å². The number of allylic oxidation sites excluding steroid dienone is 1. The normalized spacial score (nSPS) is 33.9. The highest BCUT2D eigenvalue weighted by Gasteiger charge is 2.44. The Kier molecular flexibility index (Phi) is 3.11. The second-order valence-electron chi connectivity index (χ2n) is 5.94.